The second-order valence-electron chi connectivity index (χ2n) is 7.32. The summed E-state index contributed by atoms with van der Waals surface area (Å²) in [5.41, 5.74) is -0.141. The third-order valence-corrected chi connectivity index (χ3v) is 4.82. The Labute approximate surface area is 171 Å². The van der Waals surface area contributed by atoms with Gasteiger partial charge in [0, 0.05) is 18.9 Å². The molecule has 0 unspecified atom stereocenters. The van der Waals surface area contributed by atoms with E-state index in [9.17, 15) is 29.9 Å². The Morgan fingerprint density at radius 3 is 2.21 bits per heavy atom. The molecule has 0 saturated carbocycles. The quantitative estimate of drug-likeness (QED) is 0.225. The maximum Gasteiger partial charge on any atom is 0.326 e. The van der Waals surface area contributed by atoms with Crippen molar-refractivity contribution in [3.05, 3.63) is 33.9 Å². The Kier molecular flexibility index (Phi) is 11.4. The first kappa shape index (κ1) is 24.4. The van der Waals surface area contributed by atoms with Gasteiger partial charge in [0.25, 0.3) is 0 Å². The van der Waals surface area contributed by atoms with E-state index in [1.54, 1.807) is 0 Å². The lowest BCUT2D eigenvalue weighted by atomic mass is 10.0. The highest BCUT2D eigenvalue weighted by molar-refractivity contribution is 5.83. The number of nitrogens with zero attached hydrogens (tertiary/aromatic N) is 1. The van der Waals surface area contributed by atoms with Crippen LogP contribution in [0.2, 0.25) is 0 Å². The maximum atomic E-state index is 12.1. The molecule has 29 heavy (non-hydrogen) atoms. The fraction of sp³-hybridized carbons (Fsp3) is 0.619. The average molecular weight is 408 g/mol. The van der Waals surface area contributed by atoms with E-state index in [0.29, 0.717) is 12.0 Å². The Morgan fingerprint density at radius 1 is 1.07 bits per heavy atom. The van der Waals surface area contributed by atoms with Crippen LogP contribution in [0.3, 0.4) is 0 Å². The number of phenolic OH excluding ortho intramolecular Hbond substituents is 1. The number of unbranched alkanes of at least 4 members (excludes halogenated alkanes) is 8. The van der Waals surface area contributed by atoms with Crippen molar-refractivity contribution in [1.82, 2.24) is 5.32 Å². The van der Waals surface area contributed by atoms with Crippen LogP contribution in [-0.4, -0.2) is 33.1 Å². The summed E-state index contributed by atoms with van der Waals surface area (Å²) >= 11 is 0. The van der Waals surface area contributed by atoms with E-state index < -0.39 is 28.4 Å². The minimum absolute atomic E-state index is 0.0973. The molecule has 0 fully saturated rings. The summed E-state index contributed by atoms with van der Waals surface area (Å²) in [5.74, 6) is -2.03. The number of hydrogen-bond acceptors (Lipinski definition) is 5. The summed E-state index contributed by atoms with van der Waals surface area (Å²) in [6, 6.07) is 2.50. The number of carboxylic acid groups (broad SMARTS) is 1. The van der Waals surface area contributed by atoms with Crippen LogP contribution in [0.15, 0.2) is 18.2 Å². The standard InChI is InChI=1S/C21H32N2O6/c1-2-3-4-5-6-7-8-9-10-11-20(25)22-17(21(26)27)14-16-12-13-19(24)18(15-16)23(28)29/h12-13,15,17,24H,2-11,14H2,1H3,(H,22,25)(H,26,27)/t17-/m0/s1. The first-order valence-corrected chi connectivity index (χ1v) is 10.3. The fourth-order valence-corrected chi connectivity index (χ4v) is 3.14. The number of benzene rings is 1. The van der Waals surface area contributed by atoms with E-state index in [4.69, 9.17) is 0 Å². The normalized spacial score (nSPS) is 11.8. The van der Waals surface area contributed by atoms with Gasteiger partial charge in [-0.05, 0) is 18.1 Å². The number of hydrogen-bond donors (Lipinski definition) is 3. The number of amides is 1. The smallest absolute Gasteiger partial charge is 0.326 e. The summed E-state index contributed by atoms with van der Waals surface area (Å²) in [7, 11) is 0. The molecule has 3 N–H and O–H groups in total. The number of carbonyl (C=O) groups excluding carboxylic acids is 1. The molecule has 0 aromatic heterocycles. The van der Waals surface area contributed by atoms with Gasteiger partial charge in [0.15, 0.2) is 5.75 Å². The highest BCUT2D eigenvalue weighted by Gasteiger charge is 2.22. The Balaban J connectivity index is 2.38. The van der Waals surface area contributed by atoms with Crippen molar-refractivity contribution >= 4 is 17.6 Å². The van der Waals surface area contributed by atoms with Crippen LogP contribution >= 0.6 is 0 Å². The monoisotopic (exact) mass is 408 g/mol. The molecule has 0 aliphatic heterocycles. The predicted octanol–water partition coefficient (Wildman–Crippen LogP) is 4.33. The molecule has 8 nitrogen and oxygen atoms in total. The van der Waals surface area contributed by atoms with Crippen molar-refractivity contribution in [1.29, 1.82) is 0 Å². The van der Waals surface area contributed by atoms with Crippen LogP contribution in [0.4, 0.5) is 5.69 Å². The number of aliphatic carboxylic acids is 1. The molecule has 8 heteroatoms. The van der Waals surface area contributed by atoms with Crippen molar-refractivity contribution in [2.45, 2.75) is 83.6 Å². The number of nitro groups is 1. The van der Waals surface area contributed by atoms with E-state index in [-0.39, 0.29) is 18.7 Å². The maximum absolute atomic E-state index is 12.1. The summed E-state index contributed by atoms with van der Waals surface area (Å²) in [4.78, 5) is 33.7. The molecule has 1 aromatic carbocycles. The molecule has 1 amide bonds. The number of rotatable bonds is 15. The molecule has 0 bridgehead atoms. The predicted molar refractivity (Wildman–Crippen MR) is 110 cm³/mol. The fourth-order valence-electron chi connectivity index (χ4n) is 3.14. The zero-order chi connectivity index (χ0) is 21.6. The van der Waals surface area contributed by atoms with Crippen LogP contribution < -0.4 is 5.32 Å². The summed E-state index contributed by atoms with van der Waals surface area (Å²) in [5, 5.41) is 32.2. The van der Waals surface area contributed by atoms with Gasteiger partial charge in [-0.3, -0.25) is 14.9 Å². The highest BCUT2D eigenvalue weighted by atomic mass is 16.6. The number of nitro benzene ring substituents is 1. The highest BCUT2D eigenvalue weighted by Crippen LogP contribution is 2.26. The van der Waals surface area contributed by atoms with Gasteiger partial charge < -0.3 is 15.5 Å². The SMILES string of the molecule is CCCCCCCCCCCC(=O)N[C@@H](Cc1ccc(O)c([N+](=O)[O-])c1)C(=O)O. The number of phenols is 1. The largest absolute Gasteiger partial charge is 0.502 e. The van der Waals surface area contributed by atoms with Gasteiger partial charge in [-0.1, -0.05) is 64.4 Å². The van der Waals surface area contributed by atoms with Gasteiger partial charge in [0.2, 0.25) is 5.91 Å². The van der Waals surface area contributed by atoms with Crippen molar-refractivity contribution in [2.75, 3.05) is 0 Å². The molecule has 0 saturated heterocycles. The van der Waals surface area contributed by atoms with E-state index >= 15 is 0 Å². The topological polar surface area (TPSA) is 130 Å². The molecule has 1 atom stereocenters. The summed E-state index contributed by atoms with van der Waals surface area (Å²) in [6.45, 7) is 2.19. The van der Waals surface area contributed by atoms with Gasteiger partial charge in [0.05, 0.1) is 4.92 Å². The van der Waals surface area contributed by atoms with Gasteiger partial charge >= 0.3 is 11.7 Å². The second kappa shape index (κ2) is 13.5. The van der Waals surface area contributed by atoms with Crippen LogP contribution in [0.25, 0.3) is 0 Å². The second-order valence-corrected chi connectivity index (χ2v) is 7.32. The molecule has 162 valence electrons. The zero-order valence-corrected chi connectivity index (χ0v) is 17.1. The number of aromatic hydroxyl groups is 1. The van der Waals surface area contributed by atoms with E-state index in [1.807, 2.05) is 0 Å². The lowest BCUT2D eigenvalue weighted by Crippen LogP contribution is -2.42. The van der Waals surface area contributed by atoms with Crippen LogP contribution in [0.1, 0.15) is 76.7 Å². The Hall–Kier alpha value is -2.64. The molecule has 0 heterocycles. The van der Waals surface area contributed by atoms with E-state index in [2.05, 4.69) is 12.2 Å². The molecule has 0 radical (unpaired) electrons. The minimum Gasteiger partial charge on any atom is -0.502 e. The van der Waals surface area contributed by atoms with E-state index in [1.165, 1.54) is 38.2 Å². The average Bonchev–Trinajstić information content (AvgIpc) is 2.67. The van der Waals surface area contributed by atoms with Crippen molar-refractivity contribution < 1.29 is 24.7 Å². The van der Waals surface area contributed by atoms with Gasteiger partial charge in [-0.25, -0.2) is 4.79 Å². The summed E-state index contributed by atoms with van der Waals surface area (Å²) in [6.07, 6.45) is 10.3. The first-order chi connectivity index (χ1) is 13.8. The lowest BCUT2D eigenvalue weighted by Gasteiger charge is -2.15. The first-order valence-electron chi connectivity index (χ1n) is 10.3. The molecule has 0 aliphatic carbocycles. The number of carbonyl (C=O) groups is 2. The Morgan fingerprint density at radius 2 is 1.66 bits per heavy atom. The van der Waals surface area contributed by atoms with Gasteiger partial charge in [0.1, 0.15) is 6.04 Å². The van der Waals surface area contributed by atoms with Crippen LogP contribution in [-0.2, 0) is 16.0 Å². The van der Waals surface area contributed by atoms with E-state index in [0.717, 1.165) is 31.4 Å². The zero-order valence-electron chi connectivity index (χ0n) is 17.1. The number of carboxylic acids is 1. The van der Waals surface area contributed by atoms with Gasteiger partial charge in [-0.15, -0.1) is 0 Å². The van der Waals surface area contributed by atoms with Gasteiger partial charge in [-0.2, -0.15) is 0 Å². The van der Waals surface area contributed by atoms with Crippen molar-refractivity contribution in [3.8, 4) is 5.75 Å². The Bertz CT molecular complexity index is 677. The van der Waals surface area contributed by atoms with Crippen LogP contribution in [0, 0.1) is 10.1 Å². The molecular formula is C21H32N2O6. The molecule has 0 spiro atoms. The van der Waals surface area contributed by atoms with Crippen molar-refractivity contribution in [2.24, 2.45) is 0 Å². The molecule has 1 rings (SSSR count). The third-order valence-electron chi connectivity index (χ3n) is 4.82. The molecular weight excluding hydrogens is 376 g/mol. The minimum atomic E-state index is -1.21. The summed E-state index contributed by atoms with van der Waals surface area (Å²) < 4.78 is 0. The van der Waals surface area contributed by atoms with Crippen LogP contribution in [0.5, 0.6) is 5.75 Å². The molecule has 0 aliphatic rings. The molecule has 1 aromatic rings. The number of nitrogens with one attached hydrogen (secondary N) is 1. The van der Waals surface area contributed by atoms with Crippen molar-refractivity contribution in [3.63, 3.8) is 0 Å². The lowest BCUT2D eigenvalue weighted by molar-refractivity contribution is -0.385. The third kappa shape index (κ3) is 9.91.